The Labute approximate surface area is 149 Å². The lowest BCUT2D eigenvalue weighted by molar-refractivity contribution is 0.102. The lowest BCUT2D eigenvalue weighted by atomic mass is 10.2. The van der Waals surface area contributed by atoms with E-state index in [1.54, 1.807) is 45.4 Å². The minimum Gasteiger partial charge on any atom is -0.493 e. The number of hydrogen-bond acceptors (Lipinski definition) is 8. The molecule has 2 N–H and O–H groups in total. The van der Waals surface area contributed by atoms with Gasteiger partial charge in [0.1, 0.15) is 23.6 Å². The maximum atomic E-state index is 12.3. The number of aryl methyl sites for hydroxylation is 1. The van der Waals surface area contributed by atoms with E-state index in [9.17, 15) is 4.79 Å². The highest BCUT2D eigenvalue weighted by Gasteiger charge is 2.12. The smallest absolute Gasteiger partial charge is 0.275 e. The molecule has 2 heterocycles. The first-order chi connectivity index (χ1) is 12.6. The Kier molecular flexibility index (Phi) is 4.97. The summed E-state index contributed by atoms with van der Waals surface area (Å²) in [5, 5.41) is 9.41. The highest BCUT2D eigenvalue weighted by molar-refractivity contribution is 6.02. The number of ether oxygens (including phenoxy) is 2. The summed E-state index contributed by atoms with van der Waals surface area (Å²) in [4.78, 5) is 20.4. The van der Waals surface area contributed by atoms with Crippen molar-refractivity contribution in [3.63, 3.8) is 0 Å². The average Bonchev–Trinajstić information content (AvgIpc) is 3.06. The Morgan fingerprint density at radius 2 is 1.85 bits per heavy atom. The van der Waals surface area contributed by atoms with Crippen LogP contribution < -0.4 is 20.1 Å². The molecule has 9 nitrogen and oxygen atoms in total. The van der Waals surface area contributed by atoms with Gasteiger partial charge in [-0.3, -0.25) is 4.79 Å². The van der Waals surface area contributed by atoms with Crippen LogP contribution in [0.4, 0.5) is 17.3 Å². The molecule has 0 aliphatic heterocycles. The molecule has 0 saturated heterocycles. The molecule has 3 rings (SSSR count). The second-order valence-electron chi connectivity index (χ2n) is 5.26. The molecule has 0 unspecified atom stereocenters. The van der Waals surface area contributed by atoms with Crippen molar-refractivity contribution in [3.8, 4) is 11.5 Å². The van der Waals surface area contributed by atoms with Crippen molar-refractivity contribution in [2.75, 3.05) is 24.9 Å². The van der Waals surface area contributed by atoms with Crippen molar-refractivity contribution in [1.29, 1.82) is 0 Å². The molecular weight excluding hydrogens is 338 g/mol. The van der Waals surface area contributed by atoms with Gasteiger partial charge >= 0.3 is 0 Å². The summed E-state index contributed by atoms with van der Waals surface area (Å²) in [7, 11) is 3.12. The van der Waals surface area contributed by atoms with Gasteiger partial charge in [-0.15, -0.1) is 0 Å². The molecule has 2 aromatic heterocycles. The van der Waals surface area contributed by atoms with Gasteiger partial charge in [-0.1, -0.05) is 5.16 Å². The number of hydrogen-bond donors (Lipinski definition) is 2. The van der Waals surface area contributed by atoms with Crippen LogP contribution >= 0.6 is 0 Å². The Balaban J connectivity index is 1.76. The fourth-order valence-corrected chi connectivity index (χ4v) is 2.22. The van der Waals surface area contributed by atoms with Crippen LogP contribution in [0.5, 0.6) is 11.5 Å². The summed E-state index contributed by atoms with van der Waals surface area (Å²) in [5.41, 5.74) is 0.906. The van der Waals surface area contributed by atoms with Crippen LogP contribution in [0.3, 0.4) is 0 Å². The van der Waals surface area contributed by atoms with E-state index in [1.807, 2.05) is 0 Å². The van der Waals surface area contributed by atoms with Gasteiger partial charge < -0.3 is 24.6 Å². The predicted molar refractivity (Wildman–Crippen MR) is 94.1 cm³/mol. The monoisotopic (exact) mass is 355 g/mol. The van der Waals surface area contributed by atoms with Gasteiger partial charge in [0, 0.05) is 23.9 Å². The van der Waals surface area contributed by atoms with Gasteiger partial charge in [0.05, 0.1) is 14.2 Å². The minimum absolute atomic E-state index is 0.184. The molecular formula is C17H17N5O4. The number of rotatable bonds is 6. The van der Waals surface area contributed by atoms with Crippen LogP contribution in [0.2, 0.25) is 0 Å². The fraction of sp³-hybridized carbons (Fsp3) is 0.176. The van der Waals surface area contributed by atoms with Gasteiger partial charge in [-0.25, -0.2) is 9.97 Å². The molecule has 0 radical (unpaired) electrons. The van der Waals surface area contributed by atoms with Crippen molar-refractivity contribution >= 4 is 23.2 Å². The Morgan fingerprint density at radius 3 is 2.54 bits per heavy atom. The number of nitrogens with zero attached hydrogens (tertiary/aromatic N) is 3. The summed E-state index contributed by atoms with van der Waals surface area (Å²) < 4.78 is 15.4. The third-order valence-corrected chi connectivity index (χ3v) is 3.43. The maximum absolute atomic E-state index is 12.3. The Morgan fingerprint density at radius 1 is 1.04 bits per heavy atom. The van der Waals surface area contributed by atoms with Gasteiger partial charge in [0.25, 0.3) is 5.91 Å². The third-order valence-electron chi connectivity index (χ3n) is 3.43. The molecule has 0 atom stereocenters. The summed E-state index contributed by atoms with van der Waals surface area (Å²) >= 11 is 0. The normalized spacial score (nSPS) is 10.3. The van der Waals surface area contributed by atoms with E-state index in [-0.39, 0.29) is 5.69 Å². The first-order valence-electron chi connectivity index (χ1n) is 7.65. The summed E-state index contributed by atoms with van der Waals surface area (Å²) in [6.07, 6.45) is 1.30. The zero-order valence-electron chi connectivity index (χ0n) is 14.4. The molecule has 0 bridgehead atoms. The van der Waals surface area contributed by atoms with Crippen LogP contribution in [0.1, 0.15) is 16.2 Å². The number of carbonyl (C=O) groups excluding carboxylic acids is 1. The lowest BCUT2D eigenvalue weighted by Gasteiger charge is -2.11. The SMILES string of the molecule is COc1ccc(Nc2cc(C(=O)Nc3cc(C)on3)ncn2)cc1OC. The number of nitrogens with one attached hydrogen (secondary N) is 2. The van der Waals surface area contributed by atoms with Crippen molar-refractivity contribution in [3.05, 3.63) is 48.1 Å². The first kappa shape index (κ1) is 17.2. The van der Waals surface area contributed by atoms with Crippen LogP contribution in [0, 0.1) is 6.92 Å². The van der Waals surface area contributed by atoms with E-state index in [2.05, 4.69) is 25.8 Å². The number of amides is 1. The van der Waals surface area contributed by atoms with E-state index in [1.165, 1.54) is 12.4 Å². The highest BCUT2D eigenvalue weighted by atomic mass is 16.5. The number of aromatic nitrogens is 3. The van der Waals surface area contributed by atoms with Crippen LogP contribution in [0.15, 0.2) is 41.2 Å². The number of methoxy groups -OCH3 is 2. The topological polar surface area (TPSA) is 111 Å². The Bertz CT molecular complexity index is 925. The van der Waals surface area contributed by atoms with Gasteiger partial charge in [-0.05, 0) is 19.1 Å². The van der Waals surface area contributed by atoms with Crippen molar-refractivity contribution in [2.45, 2.75) is 6.92 Å². The summed E-state index contributed by atoms with van der Waals surface area (Å²) in [6.45, 7) is 1.73. The van der Waals surface area contributed by atoms with Gasteiger partial charge in [-0.2, -0.15) is 0 Å². The largest absolute Gasteiger partial charge is 0.493 e. The van der Waals surface area contributed by atoms with E-state index in [0.29, 0.717) is 28.9 Å². The standard InChI is InChI=1S/C17H17N5O4/c1-10-6-16(22-26-10)21-17(23)12-8-15(19-9-18-12)20-11-4-5-13(24-2)14(7-11)25-3/h4-9H,1-3H3,(H,18,19,20)(H,21,22,23). The zero-order chi connectivity index (χ0) is 18.5. The second-order valence-corrected chi connectivity index (χ2v) is 5.26. The molecule has 26 heavy (non-hydrogen) atoms. The zero-order valence-corrected chi connectivity index (χ0v) is 14.4. The van der Waals surface area contributed by atoms with Gasteiger partial charge in [0.15, 0.2) is 17.3 Å². The van der Waals surface area contributed by atoms with Crippen molar-refractivity contribution in [1.82, 2.24) is 15.1 Å². The average molecular weight is 355 g/mol. The summed E-state index contributed by atoms with van der Waals surface area (Å²) in [6, 6.07) is 8.48. The van der Waals surface area contributed by atoms with Crippen LogP contribution in [-0.4, -0.2) is 35.3 Å². The number of anilines is 3. The third kappa shape index (κ3) is 3.89. The second kappa shape index (κ2) is 7.51. The Hall–Kier alpha value is -3.62. The van der Waals surface area contributed by atoms with Gasteiger partial charge in [0.2, 0.25) is 0 Å². The molecule has 1 amide bonds. The quantitative estimate of drug-likeness (QED) is 0.694. The molecule has 3 aromatic rings. The molecule has 0 fully saturated rings. The molecule has 0 saturated carbocycles. The molecule has 1 aromatic carbocycles. The molecule has 0 aliphatic carbocycles. The number of benzene rings is 1. The van der Waals surface area contributed by atoms with E-state index in [0.717, 1.165) is 5.69 Å². The van der Waals surface area contributed by atoms with E-state index >= 15 is 0 Å². The first-order valence-corrected chi connectivity index (χ1v) is 7.65. The van der Waals surface area contributed by atoms with Crippen molar-refractivity contribution < 1.29 is 18.8 Å². The molecule has 0 aliphatic rings. The lowest BCUT2D eigenvalue weighted by Crippen LogP contribution is -2.14. The van der Waals surface area contributed by atoms with E-state index < -0.39 is 5.91 Å². The molecule has 0 spiro atoms. The summed E-state index contributed by atoms with van der Waals surface area (Å²) in [5.74, 6) is 2.14. The number of carbonyl (C=O) groups is 1. The minimum atomic E-state index is -0.420. The maximum Gasteiger partial charge on any atom is 0.275 e. The highest BCUT2D eigenvalue weighted by Crippen LogP contribution is 2.30. The molecule has 134 valence electrons. The fourth-order valence-electron chi connectivity index (χ4n) is 2.22. The van der Waals surface area contributed by atoms with E-state index in [4.69, 9.17) is 14.0 Å². The van der Waals surface area contributed by atoms with Crippen LogP contribution in [-0.2, 0) is 0 Å². The predicted octanol–water partition coefficient (Wildman–Crippen LogP) is 2.79. The molecule has 9 heteroatoms. The van der Waals surface area contributed by atoms with Crippen LogP contribution in [0.25, 0.3) is 0 Å². The van der Waals surface area contributed by atoms with Crippen molar-refractivity contribution in [2.24, 2.45) is 0 Å².